The highest BCUT2D eigenvalue weighted by atomic mass is 16.5. The van der Waals surface area contributed by atoms with Gasteiger partial charge < -0.3 is 10.1 Å². The molecule has 0 unspecified atom stereocenters. The normalized spacial score (nSPS) is 11.1. The van der Waals surface area contributed by atoms with Gasteiger partial charge in [-0.25, -0.2) is 4.79 Å². The molecule has 0 saturated carbocycles. The molecule has 3 nitrogen and oxygen atoms in total. The molecule has 0 atom stereocenters. The van der Waals surface area contributed by atoms with Crippen molar-refractivity contribution in [3.8, 4) is 0 Å². The van der Waals surface area contributed by atoms with Gasteiger partial charge in [-0.15, -0.1) is 0 Å². The van der Waals surface area contributed by atoms with E-state index < -0.39 is 5.54 Å². The van der Waals surface area contributed by atoms with Crippen LogP contribution in [0, 0.1) is 13.8 Å². The van der Waals surface area contributed by atoms with E-state index in [9.17, 15) is 4.79 Å². The molecule has 17 heavy (non-hydrogen) atoms. The van der Waals surface area contributed by atoms with E-state index in [2.05, 4.69) is 11.4 Å². The molecule has 0 aliphatic heterocycles. The van der Waals surface area contributed by atoms with Crippen molar-refractivity contribution < 1.29 is 9.53 Å². The molecule has 0 bridgehead atoms. The summed E-state index contributed by atoms with van der Waals surface area (Å²) >= 11 is 0. The Morgan fingerprint density at radius 3 is 2.59 bits per heavy atom. The predicted octanol–water partition coefficient (Wildman–Crippen LogP) is 3.06. The molecular formula is C14H21NO2. The molecule has 0 spiro atoms. The van der Waals surface area contributed by atoms with Gasteiger partial charge in [-0.2, -0.15) is 0 Å². The van der Waals surface area contributed by atoms with E-state index in [1.807, 2.05) is 46.8 Å². The number of carbonyl (C=O) groups excluding carboxylic acids is 1. The Balaban J connectivity index is 2.89. The lowest BCUT2D eigenvalue weighted by Crippen LogP contribution is -2.41. The first kappa shape index (κ1) is 13.6. The lowest BCUT2D eigenvalue weighted by Gasteiger charge is -2.26. The molecule has 0 amide bonds. The highest BCUT2D eigenvalue weighted by Gasteiger charge is 2.29. The van der Waals surface area contributed by atoms with Gasteiger partial charge in [0.1, 0.15) is 5.54 Å². The van der Waals surface area contributed by atoms with Crippen LogP contribution >= 0.6 is 0 Å². The van der Waals surface area contributed by atoms with Crippen molar-refractivity contribution in [3.05, 3.63) is 29.3 Å². The first-order valence-corrected chi connectivity index (χ1v) is 5.89. The van der Waals surface area contributed by atoms with E-state index in [0.29, 0.717) is 6.61 Å². The number of anilines is 1. The van der Waals surface area contributed by atoms with Gasteiger partial charge in [-0.3, -0.25) is 0 Å². The van der Waals surface area contributed by atoms with Gasteiger partial charge in [0, 0.05) is 5.69 Å². The third-order valence-electron chi connectivity index (χ3n) is 2.63. The number of esters is 1. The summed E-state index contributed by atoms with van der Waals surface area (Å²) in [7, 11) is 0. The summed E-state index contributed by atoms with van der Waals surface area (Å²) in [5.74, 6) is -0.235. The van der Waals surface area contributed by atoms with Crippen LogP contribution in [0.3, 0.4) is 0 Å². The highest BCUT2D eigenvalue weighted by molar-refractivity contribution is 5.83. The first-order valence-electron chi connectivity index (χ1n) is 5.89. The molecule has 0 aliphatic carbocycles. The van der Waals surface area contributed by atoms with Crippen LogP contribution in [0.1, 0.15) is 31.9 Å². The maximum absolute atomic E-state index is 11.8. The van der Waals surface area contributed by atoms with Crippen molar-refractivity contribution in [1.82, 2.24) is 0 Å². The number of rotatable bonds is 4. The Morgan fingerprint density at radius 2 is 2.00 bits per heavy atom. The lowest BCUT2D eigenvalue weighted by molar-refractivity contribution is -0.147. The fourth-order valence-electron chi connectivity index (χ4n) is 1.57. The predicted molar refractivity (Wildman–Crippen MR) is 70.3 cm³/mol. The van der Waals surface area contributed by atoms with Crippen LogP contribution in [0.4, 0.5) is 5.69 Å². The van der Waals surface area contributed by atoms with Crippen LogP contribution in [0.5, 0.6) is 0 Å². The average molecular weight is 235 g/mol. The zero-order valence-corrected chi connectivity index (χ0v) is 11.3. The second-order valence-corrected chi connectivity index (χ2v) is 4.79. The van der Waals surface area contributed by atoms with Gasteiger partial charge in [0.2, 0.25) is 0 Å². The Kier molecular flexibility index (Phi) is 4.16. The monoisotopic (exact) mass is 235 g/mol. The average Bonchev–Trinajstić information content (AvgIpc) is 2.23. The molecule has 1 N–H and O–H groups in total. The molecule has 1 rings (SSSR count). The van der Waals surface area contributed by atoms with Crippen LogP contribution < -0.4 is 5.32 Å². The minimum absolute atomic E-state index is 0.235. The molecule has 1 aromatic carbocycles. The molecule has 0 fully saturated rings. The second kappa shape index (κ2) is 5.21. The summed E-state index contributed by atoms with van der Waals surface area (Å²) in [5.41, 5.74) is 2.54. The molecule has 3 heteroatoms. The van der Waals surface area contributed by atoms with E-state index in [0.717, 1.165) is 16.8 Å². The smallest absolute Gasteiger partial charge is 0.331 e. The SMILES string of the molecule is CCOC(=O)C(C)(C)Nc1cc(C)ccc1C. The fourth-order valence-corrected chi connectivity index (χ4v) is 1.57. The molecule has 0 aromatic heterocycles. The Bertz CT molecular complexity index is 411. The highest BCUT2D eigenvalue weighted by Crippen LogP contribution is 2.21. The van der Waals surface area contributed by atoms with E-state index in [-0.39, 0.29) is 5.97 Å². The number of hydrogen-bond acceptors (Lipinski definition) is 3. The van der Waals surface area contributed by atoms with E-state index in [1.165, 1.54) is 0 Å². The van der Waals surface area contributed by atoms with Crippen molar-refractivity contribution in [3.63, 3.8) is 0 Å². The van der Waals surface area contributed by atoms with Crippen molar-refractivity contribution in [1.29, 1.82) is 0 Å². The summed E-state index contributed by atoms with van der Waals surface area (Å²) in [6.07, 6.45) is 0. The van der Waals surface area contributed by atoms with Crippen molar-refractivity contribution in [2.45, 2.75) is 40.2 Å². The van der Waals surface area contributed by atoms with Crippen LogP contribution in [-0.4, -0.2) is 18.1 Å². The van der Waals surface area contributed by atoms with Crippen molar-refractivity contribution >= 4 is 11.7 Å². The summed E-state index contributed by atoms with van der Waals surface area (Å²) in [6, 6.07) is 6.13. The standard InChI is InChI=1S/C14H21NO2/c1-6-17-13(16)14(4,5)15-12-9-10(2)7-8-11(12)3/h7-9,15H,6H2,1-5H3. The topological polar surface area (TPSA) is 38.3 Å². The van der Waals surface area contributed by atoms with Crippen molar-refractivity contribution in [2.24, 2.45) is 0 Å². The largest absolute Gasteiger partial charge is 0.464 e. The first-order chi connectivity index (χ1) is 7.86. The Morgan fingerprint density at radius 1 is 1.35 bits per heavy atom. The maximum Gasteiger partial charge on any atom is 0.331 e. The zero-order chi connectivity index (χ0) is 13.1. The van der Waals surface area contributed by atoms with Gasteiger partial charge in [0.25, 0.3) is 0 Å². The second-order valence-electron chi connectivity index (χ2n) is 4.79. The van der Waals surface area contributed by atoms with Crippen molar-refractivity contribution in [2.75, 3.05) is 11.9 Å². The molecule has 0 saturated heterocycles. The minimum atomic E-state index is -0.714. The number of aryl methyl sites for hydroxylation is 2. The number of benzene rings is 1. The number of nitrogens with one attached hydrogen (secondary N) is 1. The Hall–Kier alpha value is -1.51. The molecule has 0 aliphatic rings. The summed E-state index contributed by atoms with van der Waals surface area (Å²) in [4.78, 5) is 11.8. The maximum atomic E-state index is 11.8. The van der Waals surface area contributed by atoms with Gasteiger partial charge in [0.15, 0.2) is 0 Å². The third kappa shape index (κ3) is 3.48. The quantitative estimate of drug-likeness (QED) is 0.815. The lowest BCUT2D eigenvalue weighted by atomic mass is 10.0. The molecule has 94 valence electrons. The molecule has 0 heterocycles. The van der Waals surface area contributed by atoms with E-state index >= 15 is 0 Å². The van der Waals surface area contributed by atoms with Gasteiger partial charge in [0.05, 0.1) is 6.61 Å². The fraction of sp³-hybridized carbons (Fsp3) is 0.500. The number of hydrogen-bond donors (Lipinski definition) is 1. The van der Waals surface area contributed by atoms with Gasteiger partial charge >= 0.3 is 5.97 Å². The van der Waals surface area contributed by atoms with Crippen LogP contribution in [-0.2, 0) is 9.53 Å². The van der Waals surface area contributed by atoms with E-state index in [4.69, 9.17) is 4.74 Å². The molecule has 0 radical (unpaired) electrons. The number of carbonyl (C=O) groups is 1. The van der Waals surface area contributed by atoms with Crippen LogP contribution in [0.2, 0.25) is 0 Å². The van der Waals surface area contributed by atoms with Gasteiger partial charge in [-0.05, 0) is 51.8 Å². The molecular weight excluding hydrogens is 214 g/mol. The summed E-state index contributed by atoms with van der Waals surface area (Å²) in [6.45, 7) is 9.91. The number of ether oxygens (including phenoxy) is 1. The van der Waals surface area contributed by atoms with Gasteiger partial charge in [-0.1, -0.05) is 12.1 Å². The Labute approximate surface area is 103 Å². The molecule has 1 aromatic rings. The third-order valence-corrected chi connectivity index (χ3v) is 2.63. The van der Waals surface area contributed by atoms with Crippen LogP contribution in [0.15, 0.2) is 18.2 Å². The van der Waals surface area contributed by atoms with E-state index in [1.54, 1.807) is 0 Å². The zero-order valence-electron chi connectivity index (χ0n) is 11.3. The minimum Gasteiger partial charge on any atom is -0.464 e. The summed E-state index contributed by atoms with van der Waals surface area (Å²) in [5, 5.41) is 3.24. The summed E-state index contributed by atoms with van der Waals surface area (Å²) < 4.78 is 5.05. The van der Waals surface area contributed by atoms with Crippen LogP contribution in [0.25, 0.3) is 0 Å².